The molecule has 21 heavy (non-hydrogen) atoms. The van der Waals surface area contributed by atoms with Crippen molar-refractivity contribution in [1.82, 2.24) is 4.98 Å². The van der Waals surface area contributed by atoms with E-state index in [-0.39, 0.29) is 12.5 Å². The van der Waals surface area contributed by atoms with Crippen LogP contribution in [0.2, 0.25) is 0 Å². The number of para-hydroxylation sites is 1. The van der Waals surface area contributed by atoms with Gasteiger partial charge in [-0.15, -0.1) is 0 Å². The molecular weight excluding hydrogens is 332 g/mol. The van der Waals surface area contributed by atoms with Gasteiger partial charge in [0.25, 0.3) is 5.91 Å². The Morgan fingerprint density at radius 1 is 1.33 bits per heavy atom. The zero-order chi connectivity index (χ0) is 14.8. The highest BCUT2D eigenvalue weighted by Crippen LogP contribution is 2.28. The summed E-state index contributed by atoms with van der Waals surface area (Å²) in [6.07, 6.45) is 0.900. The van der Waals surface area contributed by atoms with Crippen molar-refractivity contribution in [1.29, 1.82) is 0 Å². The second-order valence-corrected chi connectivity index (χ2v) is 5.71. The Morgan fingerprint density at radius 2 is 2.14 bits per heavy atom. The second-order valence-electron chi connectivity index (χ2n) is 4.95. The summed E-state index contributed by atoms with van der Waals surface area (Å²) in [5, 5.41) is 0. The number of nitrogens with zero attached hydrogens (tertiary/aromatic N) is 2. The van der Waals surface area contributed by atoms with Gasteiger partial charge in [-0.3, -0.25) is 4.79 Å². The third kappa shape index (κ3) is 2.93. The summed E-state index contributed by atoms with van der Waals surface area (Å²) in [6.45, 7) is 2.63. The lowest BCUT2D eigenvalue weighted by molar-refractivity contribution is -0.120. The number of carbonyl (C=O) groups is 1. The van der Waals surface area contributed by atoms with Gasteiger partial charge in [-0.05, 0) is 53.0 Å². The topological polar surface area (TPSA) is 42.4 Å². The molecule has 0 atom stereocenters. The van der Waals surface area contributed by atoms with Gasteiger partial charge in [0.2, 0.25) is 0 Å². The summed E-state index contributed by atoms with van der Waals surface area (Å²) < 4.78 is 6.20. The molecule has 1 aliphatic heterocycles. The molecule has 0 spiro atoms. The van der Waals surface area contributed by atoms with Crippen LogP contribution < -0.4 is 9.64 Å². The number of halogens is 1. The zero-order valence-electron chi connectivity index (χ0n) is 11.7. The van der Waals surface area contributed by atoms with Crippen molar-refractivity contribution in [3.8, 4) is 5.75 Å². The maximum absolute atomic E-state index is 12.3. The molecule has 0 saturated heterocycles. The van der Waals surface area contributed by atoms with E-state index < -0.39 is 0 Å². The number of benzene rings is 1. The van der Waals surface area contributed by atoms with E-state index in [2.05, 4.69) is 27.0 Å². The Kier molecular flexibility index (Phi) is 3.92. The van der Waals surface area contributed by atoms with E-state index >= 15 is 0 Å². The fourth-order valence-electron chi connectivity index (χ4n) is 2.43. The van der Waals surface area contributed by atoms with Gasteiger partial charge >= 0.3 is 0 Å². The van der Waals surface area contributed by atoms with Crippen molar-refractivity contribution < 1.29 is 9.53 Å². The van der Waals surface area contributed by atoms with E-state index in [0.29, 0.717) is 10.4 Å². The van der Waals surface area contributed by atoms with Crippen LogP contribution in [0.15, 0.2) is 41.0 Å². The number of amides is 1. The van der Waals surface area contributed by atoms with E-state index in [9.17, 15) is 4.79 Å². The highest BCUT2D eigenvalue weighted by Gasteiger charge is 2.24. The average molecular weight is 347 g/mol. The lowest BCUT2D eigenvalue weighted by atomic mass is 10.2. The molecule has 0 N–H and O–H groups in total. The van der Waals surface area contributed by atoms with Gasteiger partial charge in [-0.2, -0.15) is 0 Å². The minimum absolute atomic E-state index is 0.0116. The first-order valence-electron chi connectivity index (χ1n) is 6.79. The van der Waals surface area contributed by atoms with Crippen LogP contribution in [0.25, 0.3) is 0 Å². The predicted molar refractivity (Wildman–Crippen MR) is 84.7 cm³/mol. The standard InChI is InChI=1S/C16H15BrN2O2/c1-11-6-7-14(16(17)18-11)21-10-15(20)19-9-8-12-4-2-3-5-13(12)19/h2-7H,8-10H2,1H3. The van der Waals surface area contributed by atoms with Gasteiger partial charge in [-0.1, -0.05) is 18.2 Å². The minimum atomic E-state index is -0.0348. The molecule has 0 bridgehead atoms. The van der Waals surface area contributed by atoms with Gasteiger partial charge in [0, 0.05) is 17.9 Å². The molecule has 0 unspecified atom stereocenters. The SMILES string of the molecule is Cc1ccc(OCC(=O)N2CCc3ccccc32)c(Br)n1. The number of carbonyl (C=O) groups excluding carboxylic acids is 1. The third-order valence-electron chi connectivity index (χ3n) is 3.49. The van der Waals surface area contributed by atoms with E-state index in [4.69, 9.17) is 4.74 Å². The molecule has 0 aliphatic carbocycles. The molecule has 1 aliphatic rings. The first kappa shape index (κ1) is 14.1. The molecule has 108 valence electrons. The van der Waals surface area contributed by atoms with Crippen molar-refractivity contribution in [3.05, 3.63) is 52.3 Å². The molecule has 1 amide bonds. The second kappa shape index (κ2) is 5.85. The molecule has 5 heteroatoms. The molecule has 0 radical (unpaired) electrons. The van der Waals surface area contributed by atoms with Gasteiger partial charge in [0.1, 0.15) is 4.60 Å². The summed E-state index contributed by atoms with van der Waals surface area (Å²) in [7, 11) is 0. The van der Waals surface area contributed by atoms with Gasteiger partial charge < -0.3 is 9.64 Å². The van der Waals surface area contributed by atoms with Gasteiger partial charge in [-0.25, -0.2) is 4.98 Å². The van der Waals surface area contributed by atoms with Crippen molar-refractivity contribution in [3.63, 3.8) is 0 Å². The van der Waals surface area contributed by atoms with Gasteiger partial charge in [0.05, 0.1) is 0 Å². The summed E-state index contributed by atoms with van der Waals surface area (Å²) >= 11 is 3.35. The summed E-state index contributed by atoms with van der Waals surface area (Å²) in [5.41, 5.74) is 3.10. The number of anilines is 1. The maximum atomic E-state index is 12.3. The van der Waals surface area contributed by atoms with E-state index in [1.807, 2.05) is 37.3 Å². The Bertz CT molecular complexity index is 688. The Hall–Kier alpha value is -1.88. The highest BCUT2D eigenvalue weighted by molar-refractivity contribution is 9.10. The number of aromatic nitrogens is 1. The van der Waals surface area contributed by atoms with E-state index in [1.54, 1.807) is 4.90 Å². The molecule has 1 aromatic heterocycles. The molecule has 2 aromatic rings. The molecule has 0 fully saturated rings. The van der Waals surface area contributed by atoms with Crippen LogP contribution in [0.1, 0.15) is 11.3 Å². The molecule has 0 saturated carbocycles. The molecular formula is C16H15BrN2O2. The highest BCUT2D eigenvalue weighted by atomic mass is 79.9. The van der Waals surface area contributed by atoms with Crippen LogP contribution in [-0.4, -0.2) is 24.0 Å². The summed E-state index contributed by atoms with van der Waals surface area (Å²) in [4.78, 5) is 18.4. The van der Waals surface area contributed by atoms with Crippen LogP contribution in [0.5, 0.6) is 5.75 Å². The largest absolute Gasteiger partial charge is 0.481 e. The van der Waals surface area contributed by atoms with Crippen LogP contribution in [-0.2, 0) is 11.2 Å². The lowest BCUT2D eigenvalue weighted by Gasteiger charge is -2.17. The molecule has 1 aromatic carbocycles. The minimum Gasteiger partial charge on any atom is -0.481 e. The Balaban J connectivity index is 1.68. The first-order valence-corrected chi connectivity index (χ1v) is 7.58. The van der Waals surface area contributed by atoms with Crippen molar-refractivity contribution in [2.75, 3.05) is 18.1 Å². The number of fused-ring (bicyclic) bond motifs is 1. The number of hydrogen-bond acceptors (Lipinski definition) is 3. The fourth-order valence-corrected chi connectivity index (χ4v) is 2.96. The van der Waals surface area contributed by atoms with Gasteiger partial charge in [0.15, 0.2) is 12.4 Å². The smallest absolute Gasteiger partial charge is 0.264 e. The van der Waals surface area contributed by atoms with E-state index in [0.717, 1.165) is 24.3 Å². The van der Waals surface area contributed by atoms with Crippen LogP contribution in [0.3, 0.4) is 0 Å². The van der Waals surface area contributed by atoms with Crippen LogP contribution in [0, 0.1) is 6.92 Å². The maximum Gasteiger partial charge on any atom is 0.264 e. The van der Waals surface area contributed by atoms with Crippen molar-refractivity contribution >= 4 is 27.5 Å². The Labute approximate surface area is 131 Å². The summed E-state index contributed by atoms with van der Waals surface area (Å²) in [6, 6.07) is 11.7. The first-order chi connectivity index (χ1) is 10.1. The lowest BCUT2D eigenvalue weighted by Crippen LogP contribution is -2.33. The monoisotopic (exact) mass is 346 g/mol. The number of pyridine rings is 1. The third-order valence-corrected chi connectivity index (χ3v) is 4.06. The van der Waals surface area contributed by atoms with Crippen LogP contribution in [0.4, 0.5) is 5.69 Å². The number of hydrogen-bond donors (Lipinski definition) is 0. The summed E-state index contributed by atoms with van der Waals surface area (Å²) in [5.74, 6) is 0.550. The predicted octanol–water partition coefficient (Wildman–Crippen LogP) is 3.12. The fraction of sp³-hybridized carbons (Fsp3) is 0.250. The average Bonchev–Trinajstić information content (AvgIpc) is 2.90. The number of aryl methyl sites for hydroxylation is 1. The molecule has 3 rings (SSSR count). The molecule has 2 heterocycles. The zero-order valence-corrected chi connectivity index (χ0v) is 13.3. The number of rotatable bonds is 3. The Morgan fingerprint density at radius 3 is 2.95 bits per heavy atom. The normalized spacial score (nSPS) is 13.1. The number of ether oxygens (including phenoxy) is 1. The van der Waals surface area contributed by atoms with Crippen molar-refractivity contribution in [2.24, 2.45) is 0 Å². The molecule has 4 nitrogen and oxygen atoms in total. The quantitative estimate of drug-likeness (QED) is 0.802. The van der Waals surface area contributed by atoms with E-state index in [1.165, 1.54) is 5.56 Å². The van der Waals surface area contributed by atoms with Crippen LogP contribution >= 0.6 is 15.9 Å². The van der Waals surface area contributed by atoms with Crippen molar-refractivity contribution in [2.45, 2.75) is 13.3 Å².